The summed E-state index contributed by atoms with van der Waals surface area (Å²) >= 11 is 1.69. The van der Waals surface area contributed by atoms with Gasteiger partial charge in [0.1, 0.15) is 5.01 Å². The molecule has 1 aliphatic rings. The number of nitrogens with one attached hydrogen (secondary N) is 2. The van der Waals surface area contributed by atoms with Crippen LogP contribution >= 0.6 is 11.3 Å². The van der Waals surface area contributed by atoms with E-state index in [9.17, 15) is 4.79 Å². The lowest BCUT2D eigenvalue weighted by molar-refractivity contribution is -0.122. The summed E-state index contributed by atoms with van der Waals surface area (Å²) in [5.74, 6) is 0.934. The van der Waals surface area contributed by atoms with Crippen molar-refractivity contribution >= 4 is 23.2 Å². The van der Waals surface area contributed by atoms with Crippen molar-refractivity contribution in [3.8, 4) is 0 Å². The second-order valence-corrected chi connectivity index (χ2v) is 7.19. The molecule has 0 spiro atoms. The van der Waals surface area contributed by atoms with Gasteiger partial charge in [0.2, 0.25) is 5.91 Å². The normalized spacial score (nSPS) is 16.1. The van der Waals surface area contributed by atoms with Gasteiger partial charge in [-0.2, -0.15) is 0 Å². The number of thiazole rings is 1. The molecule has 2 N–H and O–H groups in total. The molecular formula is C16H28N6O2S. The Hall–Kier alpha value is -1.71. The summed E-state index contributed by atoms with van der Waals surface area (Å²) in [7, 11) is 3.42. The largest absolute Gasteiger partial charge is 0.383 e. The van der Waals surface area contributed by atoms with E-state index in [1.807, 2.05) is 6.20 Å². The van der Waals surface area contributed by atoms with Crippen LogP contribution < -0.4 is 10.6 Å². The topological polar surface area (TPSA) is 82.1 Å². The average Bonchev–Trinajstić information content (AvgIpc) is 3.02. The number of carbonyl (C=O) groups is 1. The van der Waals surface area contributed by atoms with Gasteiger partial charge in [0.25, 0.3) is 0 Å². The lowest BCUT2D eigenvalue weighted by Gasteiger charge is -2.36. The maximum absolute atomic E-state index is 11.9. The first-order valence-electron chi connectivity index (χ1n) is 8.47. The number of methoxy groups -OCH3 is 1. The molecule has 0 aromatic carbocycles. The number of carbonyl (C=O) groups excluding carboxylic acids is 1. The Morgan fingerprint density at radius 3 is 2.72 bits per heavy atom. The molecular weight excluding hydrogens is 340 g/mol. The van der Waals surface area contributed by atoms with Gasteiger partial charge in [0.15, 0.2) is 5.96 Å². The van der Waals surface area contributed by atoms with Crippen LogP contribution in [0.25, 0.3) is 0 Å². The molecule has 0 unspecified atom stereocenters. The number of nitrogens with zero attached hydrogens (tertiary/aromatic N) is 4. The van der Waals surface area contributed by atoms with E-state index in [-0.39, 0.29) is 5.91 Å². The third kappa shape index (κ3) is 6.60. The van der Waals surface area contributed by atoms with Crippen LogP contribution in [0.15, 0.2) is 11.2 Å². The molecule has 25 heavy (non-hydrogen) atoms. The van der Waals surface area contributed by atoms with Gasteiger partial charge in [0.05, 0.1) is 19.7 Å². The minimum atomic E-state index is 0.0483. The van der Waals surface area contributed by atoms with E-state index in [2.05, 4.69) is 37.3 Å². The summed E-state index contributed by atoms with van der Waals surface area (Å²) in [4.78, 5) is 26.2. The van der Waals surface area contributed by atoms with Crippen molar-refractivity contribution in [3.63, 3.8) is 0 Å². The Morgan fingerprint density at radius 1 is 1.36 bits per heavy atom. The van der Waals surface area contributed by atoms with Crippen LogP contribution in [0, 0.1) is 6.92 Å². The van der Waals surface area contributed by atoms with E-state index in [0.29, 0.717) is 26.2 Å². The molecule has 1 aromatic rings. The number of rotatable bonds is 7. The molecule has 1 aromatic heterocycles. The monoisotopic (exact) mass is 368 g/mol. The Labute approximate surface area is 153 Å². The second kappa shape index (κ2) is 10.3. The number of ether oxygens (including phenoxy) is 1. The van der Waals surface area contributed by atoms with Crippen LogP contribution in [0.3, 0.4) is 0 Å². The fraction of sp³-hybridized carbons (Fsp3) is 0.688. The highest BCUT2D eigenvalue weighted by molar-refractivity contribution is 7.11. The lowest BCUT2D eigenvalue weighted by atomic mass is 10.3. The van der Waals surface area contributed by atoms with Gasteiger partial charge in [-0.15, -0.1) is 11.3 Å². The van der Waals surface area contributed by atoms with Gasteiger partial charge in [-0.3, -0.25) is 14.7 Å². The van der Waals surface area contributed by atoms with Crippen molar-refractivity contribution in [3.05, 3.63) is 16.1 Å². The Bertz CT molecular complexity index is 569. The molecule has 0 bridgehead atoms. The maximum atomic E-state index is 11.9. The maximum Gasteiger partial charge on any atom is 0.234 e. The number of piperazine rings is 1. The summed E-state index contributed by atoms with van der Waals surface area (Å²) in [6.07, 6.45) is 1.89. The van der Waals surface area contributed by atoms with Crippen molar-refractivity contribution in [1.82, 2.24) is 25.4 Å². The van der Waals surface area contributed by atoms with Crippen molar-refractivity contribution in [2.75, 3.05) is 60.0 Å². The summed E-state index contributed by atoms with van der Waals surface area (Å²) in [5.41, 5.74) is 0. The summed E-state index contributed by atoms with van der Waals surface area (Å²) in [5, 5.41) is 7.29. The molecule has 1 fully saturated rings. The van der Waals surface area contributed by atoms with E-state index in [1.165, 1.54) is 4.88 Å². The molecule has 9 heteroatoms. The molecule has 0 saturated carbocycles. The van der Waals surface area contributed by atoms with Gasteiger partial charge >= 0.3 is 0 Å². The minimum Gasteiger partial charge on any atom is -0.383 e. The highest BCUT2D eigenvalue weighted by atomic mass is 32.1. The van der Waals surface area contributed by atoms with E-state index in [1.54, 1.807) is 25.5 Å². The Morgan fingerprint density at radius 2 is 2.12 bits per heavy atom. The fourth-order valence-electron chi connectivity index (χ4n) is 2.64. The molecule has 0 atom stereocenters. The van der Waals surface area contributed by atoms with Gasteiger partial charge < -0.3 is 20.3 Å². The molecule has 2 heterocycles. The molecule has 8 nitrogen and oxygen atoms in total. The number of aryl methyl sites for hydroxylation is 1. The van der Waals surface area contributed by atoms with Crippen LogP contribution in [-0.2, 0) is 16.1 Å². The SMILES string of the molecule is CN=C(NCc1ncc(C)s1)N1CCN(CC(=O)NCCOC)CC1. The Balaban J connectivity index is 1.71. The van der Waals surface area contributed by atoms with E-state index < -0.39 is 0 Å². The zero-order valence-electron chi connectivity index (χ0n) is 15.2. The van der Waals surface area contributed by atoms with Crippen molar-refractivity contribution in [2.24, 2.45) is 4.99 Å². The highest BCUT2D eigenvalue weighted by Gasteiger charge is 2.21. The number of guanidine groups is 1. The first-order chi connectivity index (χ1) is 12.1. The van der Waals surface area contributed by atoms with Gasteiger partial charge in [-0.1, -0.05) is 0 Å². The zero-order chi connectivity index (χ0) is 18.1. The number of aliphatic imine (C=N–C) groups is 1. The van der Waals surface area contributed by atoms with E-state index >= 15 is 0 Å². The van der Waals surface area contributed by atoms with Gasteiger partial charge in [-0.25, -0.2) is 4.98 Å². The first kappa shape index (κ1) is 19.6. The predicted molar refractivity (Wildman–Crippen MR) is 99.9 cm³/mol. The quantitative estimate of drug-likeness (QED) is 0.398. The second-order valence-electron chi connectivity index (χ2n) is 5.87. The van der Waals surface area contributed by atoms with Crippen LogP contribution in [0.4, 0.5) is 0 Å². The molecule has 1 saturated heterocycles. The third-order valence-corrected chi connectivity index (χ3v) is 4.86. The fourth-order valence-corrected chi connectivity index (χ4v) is 3.37. The lowest BCUT2D eigenvalue weighted by Crippen LogP contribution is -2.54. The average molecular weight is 369 g/mol. The predicted octanol–water partition coefficient (Wildman–Crippen LogP) is -0.0929. The van der Waals surface area contributed by atoms with Crippen molar-refractivity contribution < 1.29 is 9.53 Å². The highest BCUT2D eigenvalue weighted by Crippen LogP contribution is 2.11. The smallest absolute Gasteiger partial charge is 0.234 e. The van der Waals surface area contributed by atoms with Crippen LogP contribution in [-0.4, -0.2) is 86.7 Å². The Kier molecular flexibility index (Phi) is 8.10. The molecule has 0 aliphatic carbocycles. The van der Waals surface area contributed by atoms with Crippen molar-refractivity contribution in [2.45, 2.75) is 13.5 Å². The molecule has 1 amide bonds. The summed E-state index contributed by atoms with van der Waals surface area (Å²) < 4.78 is 4.93. The van der Waals surface area contributed by atoms with Crippen LogP contribution in [0.2, 0.25) is 0 Å². The molecule has 2 rings (SSSR count). The molecule has 1 aliphatic heterocycles. The first-order valence-corrected chi connectivity index (χ1v) is 9.29. The van der Waals surface area contributed by atoms with Crippen LogP contribution in [0.1, 0.15) is 9.88 Å². The molecule has 0 radical (unpaired) electrons. The zero-order valence-corrected chi connectivity index (χ0v) is 16.1. The summed E-state index contributed by atoms with van der Waals surface area (Å²) in [6, 6.07) is 0. The number of aromatic nitrogens is 1. The van der Waals surface area contributed by atoms with Crippen LogP contribution in [0.5, 0.6) is 0 Å². The number of amides is 1. The van der Waals surface area contributed by atoms with E-state index in [4.69, 9.17) is 4.74 Å². The van der Waals surface area contributed by atoms with E-state index in [0.717, 1.165) is 37.1 Å². The van der Waals surface area contributed by atoms with Gasteiger partial charge in [-0.05, 0) is 6.92 Å². The minimum absolute atomic E-state index is 0.0483. The standard InChI is InChI=1S/C16H28N6O2S/c1-13-10-19-15(25-13)11-20-16(17-2)22-7-5-21(6-8-22)12-14(23)18-4-9-24-3/h10H,4-9,11-12H2,1-3H3,(H,17,20)(H,18,23). The number of hydrogen-bond acceptors (Lipinski definition) is 6. The number of hydrogen-bond donors (Lipinski definition) is 2. The molecule has 140 valence electrons. The van der Waals surface area contributed by atoms with Crippen molar-refractivity contribution in [1.29, 1.82) is 0 Å². The van der Waals surface area contributed by atoms with Gasteiger partial charge in [0, 0.05) is 58.0 Å². The third-order valence-electron chi connectivity index (χ3n) is 3.95. The summed E-state index contributed by atoms with van der Waals surface area (Å²) in [6.45, 7) is 7.66.